The molecule has 1 saturated heterocycles. The lowest BCUT2D eigenvalue weighted by Crippen LogP contribution is -2.42. The normalized spacial score (nSPS) is 29.8. The minimum Gasteiger partial charge on any atom is -0.393 e. The molecule has 3 rings (SSSR count). The molecule has 2 aliphatic rings. The van der Waals surface area contributed by atoms with Crippen LogP contribution in [0.15, 0.2) is 18.2 Å². The topological polar surface area (TPSA) is 64.0 Å². The highest BCUT2D eigenvalue weighted by molar-refractivity contribution is 6.03. The summed E-state index contributed by atoms with van der Waals surface area (Å²) in [6.45, 7) is 3.66. The number of hydrogen-bond donors (Lipinski definition) is 2. The number of carbonyl (C=O) groups is 1. The van der Waals surface area contributed by atoms with Gasteiger partial charge >= 0.3 is 0 Å². The lowest BCUT2D eigenvalue weighted by atomic mass is 9.96. The van der Waals surface area contributed by atoms with Crippen molar-refractivity contribution in [1.29, 1.82) is 0 Å². The first-order valence-corrected chi connectivity index (χ1v) is 7.01. The molecule has 2 aliphatic heterocycles. The highest BCUT2D eigenvalue weighted by atomic mass is 16.3. The Morgan fingerprint density at radius 3 is 2.75 bits per heavy atom. The summed E-state index contributed by atoms with van der Waals surface area (Å²) in [5.74, 6) is -0.0402. The van der Waals surface area contributed by atoms with Crippen LogP contribution in [0.2, 0.25) is 0 Å². The molecule has 0 aromatic heterocycles. The fourth-order valence-corrected chi connectivity index (χ4v) is 3.05. The van der Waals surface area contributed by atoms with E-state index in [1.54, 1.807) is 7.05 Å². The maximum Gasteiger partial charge on any atom is 0.260 e. The molecule has 1 amide bonds. The highest BCUT2D eigenvalue weighted by Gasteiger charge is 2.34. The fraction of sp³-hybridized carbons (Fsp3) is 0.533. The molecule has 1 aromatic carbocycles. The Kier molecular flexibility index (Phi) is 3.18. The van der Waals surface area contributed by atoms with Crippen LogP contribution >= 0.6 is 0 Å². The number of aliphatic hydroxyl groups is 2. The van der Waals surface area contributed by atoms with Crippen molar-refractivity contribution in [1.82, 2.24) is 0 Å². The van der Waals surface area contributed by atoms with Crippen molar-refractivity contribution in [3.05, 3.63) is 23.8 Å². The average molecular weight is 276 g/mol. The minimum atomic E-state index is -1.04. The van der Waals surface area contributed by atoms with Crippen molar-refractivity contribution in [2.45, 2.75) is 25.6 Å². The lowest BCUT2D eigenvalue weighted by Gasteiger charge is -2.36. The van der Waals surface area contributed by atoms with Gasteiger partial charge in [0.15, 0.2) is 6.10 Å². The Hall–Kier alpha value is -1.59. The first-order valence-electron chi connectivity index (χ1n) is 7.01. The van der Waals surface area contributed by atoms with E-state index in [2.05, 4.69) is 4.90 Å². The largest absolute Gasteiger partial charge is 0.393 e. The number of amides is 1. The maximum absolute atomic E-state index is 11.8. The predicted octanol–water partition coefficient (Wildman–Crippen LogP) is 0.903. The van der Waals surface area contributed by atoms with Gasteiger partial charge in [0.2, 0.25) is 0 Å². The van der Waals surface area contributed by atoms with Crippen LogP contribution in [-0.2, 0) is 4.79 Å². The smallest absolute Gasteiger partial charge is 0.260 e. The average Bonchev–Trinajstić information content (AvgIpc) is 2.66. The summed E-state index contributed by atoms with van der Waals surface area (Å²) in [6.07, 6.45) is -0.506. The second-order valence-corrected chi connectivity index (χ2v) is 5.82. The van der Waals surface area contributed by atoms with Gasteiger partial charge in [0.1, 0.15) is 0 Å². The quantitative estimate of drug-likeness (QED) is 0.800. The number of aliphatic hydroxyl groups excluding tert-OH is 2. The molecule has 0 spiro atoms. The van der Waals surface area contributed by atoms with Crippen LogP contribution < -0.4 is 9.80 Å². The summed E-state index contributed by atoms with van der Waals surface area (Å²) in [6, 6.07) is 5.72. The molecule has 5 heteroatoms. The van der Waals surface area contributed by atoms with Crippen molar-refractivity contribution >= 4 is 17.3 Å². The number of nitrogens with zero attached hydrogens (tertiary/aromatic N) is 2. The standard InChI is InChI=1S/C15H20N2O3/c1-9-8-17(6-5-13(9)18)10-3-4-11-12(7-10)16(2)15(20)14(11)19/h3-4,7,9,13-14,18-19H,5-6,8H2,1-2H3. The number of anilines is 2. The summed E-state index contributed by atoms with van der Waals surface area (Å²) < 4.78 is 0. The molecule has 1 fully saturated rings. The molecule has 3 unspecified atom stereocenters. The molecule has 20 heavy (non-hydrogen) atoms. The molecule has 2 heterocycles. The van der Waals surface area contributed by atoms with E-state index in [1.165, 1.54) is 4.90 Å². The van der Waals surface area contributed by atoms with Crippen molar-refractivity contribution in [3.8, 4) is 0 Å². The van der Waals surface area contributed by atoms with Gasteiger partial charge in [0.25, 0.3) is 5.91 Å². The molecular weight excluding hydrogens is 256 g/mol. The van der Waals surface area contributed by atoms with Crippen LogP contribution in [0.3, 0.4) is 0 Å². The molecule has 0 aliphatic carbocycles. The third kappa shape index (κ3) is 1.98. The van der Waals surface area contributed by atoms with E-state index in [1.807, 2.05) is 25.1 Å². The Morgan fingerprint density at radius 1 is 1.30 bits per heavy atom. The van der Waals surface area contributed by atoms with Crippen LogP contribution in [-0.4, -0.2) is 42.4 Å². The van der Waals surface area contributed by atoms with E-state index in [4.69, 9.17) is 0 Å². The maximum atomic E-state index is 11.8. The van der Waals surface area contributed by atoms with Gasteiger partial charge in [-0.2, -0.15) is 0 Å². The Balaban J connectivity index is 1.89. The van der Waals surface area contributed by atoms with Crippen LogP contribution in [0.4, 0.5) is 11.4 Å². The molecule has 2 N–H and O–H groups in total. The number of rotatable bonds is 1. The van der Waals surface area contributed by atoms with Crippen molar-refractivity contribution in [2.24, 2.45) is 5.92 Å². The molecule has 0 saturated carbocycles. The van der Waals surface area contributed by atoms with E-state index in [9.17, 15) is 15.0 Å². The third-order valence-electron chi connectivity index (χ3n) is 4.46. The number of fused-ring (bicyclic) bond motifs is 1. The summed E-state index contributed by atoms with van der Waals surface area (Å²) in [5, 5.41) is 19.7. The van der Waals surface area contributed by atoms with Gasteiger partial charge in [-0.05, 0) is 24.5 Å². The van der Waals surface area contributed by atoms with E-state index in [0.29, 0.717) is 5.56 Å². The number of piperidine rings is 1. The zero-order valence-electron chi connectivity index (χ0n) is 11.8. The second kappa shape index (κ2) is 4.75. The Morgan fingerprint density at radius 2 is 2.05 bits per heavy atom. The van der Waals surface area contributed by atoms with Crippen LogP contribution in [0.25, 0.3) is 0 Å². The third-order valence-corrected chi connectivity index (χ3v) is 4.46. The molecule has 3 atom stereocenters. The van der Waals surface area contributed by atoms with E-state index >= 15 is 0 Å². The highest BCUT2D eigenvalue weighted by Crippen LogP contribution is 2.38. The number of likely N-dealkylation sites (N-methyl/N-ethyl adjacent to an activating group) is 1. The first-order chi connectivity index (χ1) is 9.49. The molecule has 108 valence electrons. The van der Waals surface area contributed by atoms with E-state index < -0.39 is 6.10 Å². The van der Waals surface area contributed by atoms with Crippen LogP contribution in [0.1, 0.15) is 25.0 Å². The van der Waals surface area contributed by atoms with E-state index in [-0.39, 0.29) is 17.9 Å². The SMILES string of the molecule is CC1CN(c2ccc3c(c2)N(C)C(=O)C3O)CCC1O. The molecule has 5 nitrogen and oxygen atoms in total. The van der Waals surface area contributed by atoms with Gasteiger partial charge in [-0.1, -0.05) is 13.0 Å². The van der Waals surface area contributed by atoms with Gasteiger partial charge in [-0.3, -0.25) is 4.79 Å². The molecular formula is C15H20N2O3. The van der Waals surface area contributed by atoms with Crippen LogP contribution in [0, 0.1) is 5.92 Å². The van der Waals surface area contributed by atoms with Gasteiger partial charge in [0, 0.05) is 31.4 Å². The summed E-state index contributed by atoms with van der Waals surface area (Å²) in [7, 11) is 1.68. The van der Waals surface area contributed by atoms with Crippen LogP contribution in [0.5, 0.6) is 0 Å². The predicted molar refractivity (Wildman–Crippen MR) is 76.8 cm³/mol. The lowest BCUT2D eigenvalue weighted by molar-refractivity contribution is -0.125. The van der Waals surface area contributed by atoms with Crippen molar-refractivity contribution in [3.63, 3.8) is 0 Å². The van der Waals surface area contributed by atoms with Crippen molar-refractivity contribution in [2.75, 3.05) is 29.9 Å². The zero-order chi connectivity index (χ0) is 14.4. The number of benzene rings is 1. The molecule has 0 bridgehead atoms. The Labute approximate surface area is 118 Å². The summed E-state index contributed by atoms with van der Waals surface area (Å²) in [5.41, 5.74) is 2.49. The Bertz CT molecular complexity index is 546. The van der Waals surface area contributed by atoms with Gasteiger partial charge in [-0.15, -0.1) is 0 Å². The number of carbonyl (C=O) groups excluding carboxylic acids is 1. The molecule has 1 aromatic rings. The van der Waals surface area contributed by atoms with E-state index in [0.717, 1.165) is 30.9 Å². The minimum absolute atomic E-state index is 0.230. The first kappa shape index (κ1) is 13.4. The van der Waals surface area contributed by atoms with Crippen molar-refractivity contribution < 1.29 is 15.0 Å². The van der Waals surface area contributed by atoms with Gasteiger partial charge in [-0.25, -0.2) is 0 Å². The zero-order valence-corrected chi connectivity index (χ0v) is 11.8. The van der Waals surface area contributed by atoms with Gasteiger partial charge < -0.3 is 20.0 Å². The summed E-state index contributed by atoms with van der Waals surface area (Å²) >= 11 is 0. The molecule has 0 radical (unpaired) electrons. The fourth-order valence-electron chi connectivity index (χ4n) is 3.05. The van der Waals surface area contributed by atoms with Gasteiger partial charge in [0.05, 0.1) is 11.8 Å². The number of hydrogen-bond acceptors (Lipinski definition) is 4. The monoisotopic (exact) mass is 276 g/mol. The summed E-state index contributed by atoms with van der Waals surface area (Å²) in [4.78, 5) is 15.5. The second-order valence-electron chi connectivity index (χ2n) is 5.82.